The summed E-state index contributed by atoms with van der Waals surface area (Å²) < 4.78 is 0. The van der Waals surface area contributed by atoms with E-state index < -0.39 is 0 Å². The number of hydrogen-bond acceptors (Lipinski definition) is 2. The second-order valence-electron chi connectivity index (χ2n) is 5.29. The lowest BCUT2D eigenvalue weighted by Crippen LogP contribution is -2.41. The Hall–Kier alpha value is -1.52. The van der Waals surface area contributed by atoms with Crippen molar-refractivity contribution < 1.29 is 0 Å². The number of rotatable bonds is 3. The highest BCUT2D eigenvalue weighted by Gasteiger charge is 2.18. The molecule has 0 aromatic heterocycles. The standard InChI is InChI=1S/C18H20N2S2/c21-18(19-12-11-15-7-2-1-3-8-15)20-13-6-14-22-17-10-5-4-9-16(17)20/h1-5,7-10H,6,11-14H2,(H,19,21). The Bertz CT molecular complexity index is 628. The molecular weight excluding hydrogens is 308 g/mol. The number of thioether (sulfide) groups is 1. The average molecular weight is 329 g/mol. The summed E-state index contributed by atoms with van der Waals surface area (Å²) in [7, 11) is 0. The molecule has 0 radical (unpaired) electrons. The fraction of sp³-hybridized carbons (Fsp3) is 0.278. The third-order valence-corrected chi connectivity index (χ3v) is 5.23. The summed E-state index contributed by atoms with van der Waals surface area (Å²) in [4.78, 5) is 3.57. The Kier molecular flexibility index (Phi) is 5.35. The van der Waals surface area contributed by atoms with Crippen molar-refractivity contribution in [3.63, 3.8) is 0 Å². The van der Waals surface area contributed by atoms with Crippen LogP contribution in [0, 0.1) is 0 Å². The smallest absolute Gasteiger partial charge is 0.173 e. The molecule has 1 heterocycles. The topological polar surface area (TPSA) is 15.3 Å². The third-order valence-electron chi connectivity index (χ3n) is 3.72. The molecule has 0 saturated heterocycles. The normalized spacial score (nSPS) is 14.1. The van der Waals surface area contributed by atoms with Crippen molar-refractivity contribution in [3.8, 4) is 0 Å². The van der Waals surface area contributed by atoms with Gasteiger partial charge in [-0.25, -0.2) is 0 Å². The molecule has 1 aliphatic heterocycles. The van der Waals surface area contributed by atoms with Crippen molar-refractivity contribution in [2.24, 2.45) is 0 Å². The van der Waals surface area contributed by atoms with Crippen LogP contribution >= 0.6 is 24.0 Å². The van der Waals surface area contributed by atoms with Crippen molar-refractivity contribution >= 4 is 34.8 Å². The van der Waals surface area contributed by atoms with Crippen LogP contribution in [0.1, 0.15) is 12.0 Å². The number of anilines is 1. The van der Waals surface area contributed by atoms with Crippen molar-refractivity contribution in [1.82, 2.24) is 5.32 Å². The number of nitrogens with one attached hydrogen (secondary N) is 1. The maximum atomic E-state index is 5.63. The maximum Gasteiger partial charge on any atom is 0.173 e. The zero-order chi connectivity index (χ0) is 15.2. The largest absolute Gasteiger partial charge is 0.362 e. The van der Waals surface area contributed by atoms with Gasteiger partial charge in [0.2, 0.25) is 0 Å². The number of para-hydroxylation sites is 1. The van der Waals surface area contributed by atoms with Crippen LogP contribution in [0.15, 0.2) is 59.5 Å². The van der Waals surface area contributed by atoms with Crippen LogP contribution < -0.4 is 10.2 Å². The van der Waals surface area contributed by atoms with E-state index in [0.717, 1.165) is 36.8 Å². The van der Waals surface area contributed by atoms with E-state index in [2.05, 4.69) is 58.7 Å². The van der Waals surface area contributed by atoms with Gasteiger partial charge in [0.1, 0.15) is 0 Å². The Labute approximate surface area is 141 Å². The zero-order valence-electron chi connectivity index (χ0n) is 12.5. The van der Waals surface area contributed by atoms with Crippen LogP contribution in [0.5, 0.6) is 0 Å². The summed E-state index contributed by atoms with van der Waals surface area (Å²) in [5.74, 6) is 1.15. The minimum Gasteiger partial charge on any atom is -0.362 e. The van der Waals surface area contributed by atoms with Gasteiger partial charge < -0.3 is 10.2 Å². The zero-order valence-corrected chi connectivity index (χ0v) is 14.1. The fourth-order valence-electron chi connectivity index (χ4n) is 2.59. The molecule has 2 aromatic carbocycles. The summed E-state index contributed by atoms with van der Waals surface area (Å²) in [6.07, 6.45) is 2.14. The van der Waals surface area contributed by atoms with Gasteiger partial charge in [-0.3, -0.25) is 0 Å². The van der Waals surface area contributed by atoms with Crippen LogP contribution in [0.25, 0.3) is 0 Å². The van der Waals surface area contributed by atoms with Gasteiger partial charge >= 0.3 is 0 Å². The van der Waals surface area contributed by atoms with Crippen LogP contribution in [-0.4, -0.2) is 24.0 Å². The van der Waals surface area contributed by atoms with Gasteiger partial charge in [0, 0.05) is 18.0 Å². The Morgan fingerprint density at radius 2 is 1.86 bits per heavy atom. The van der Waals surface area contributed by atoms with E-state index in [-0.39, 0.29) is 0 Å². The Morgan fingerprint density at radius 3 is 2.73 bits per heavy atom. The van der Waals surface area contributed by atoms with Crippen molar-refractivity contribution in [1.29, 1.82) is 0 Å². The highest BCUT2D eigenvalue weighted by Crippen LogP contribution is 2.33. The van der Waals surface area contributed by atoms with Crippen molar-refractivity contribution in [2.75, 3.05) is 23.7 Å². The highest BCUT2D eigenvalue weighted by molar-refractivity contribution is 7.99. The highest BCUT2D eigenvalue weighted by atomic mass is 32.2. The monoisotopic (exact) mass is 328 g/mol. The molecule has 114 valence electrons. The van der Waals surface area contributed by atoms with E-state index in [1.54, 1.807) is 0 Å². The Morgan fingerprint density at radius 1 is 1.09 bits per heavy atom. The molecule has 3 rings (SSSR count). The average Bonchev–Trinajstić information content (AvgIpc) is 2.78. The van der Waals surface area contributed by atoms with Gasteiger partial charge in [0.15, 0.2) is 5.11 Å². The van der Waals surface area contributed by atoms with Crippen molar-refractivity contribution in [2.45, 2.75) is 17.7 Å². The van der Waals surface area contributed by atoms with Crippen LogP contribution in [0.4, 0.5) is 5.69 Å². The molecule has 1 aliphatic rings. The van der Waals surface area contributed by atoms with E-state index in [1.807, 2.05) is 17.8 Å². The van der Waals surface area contributed by atoms with Crippen molar-refractivity contribution in [3.05, 3.63) is 60.2 Å². The van der Waals surface area contributed by atoms with E-state index in [9.17, 15) is 0 Å². The fourth-order valence-corrected chi connectivity index (χ4v) is 3.88. The number of hydrogen-bond donors (Lipinski definition) is 1. The van der Waals surface area contributed by atoms with Gasteiger partial charge in [-0.1, -0.05) is 42.5 Å². The predicted octanol–water partition coefficient (Wildman–Crippen LogP) is 4.11. The first-order chi connectivity index (χ1) is 10.8. The minimum absolute atomic E-state index is 0.839. The SMILES string of the molecule is S=C(NCCc1ccccc1)N1CCCSc2ccccc21. The lowest BCUT2D eigenvalue weighted by Gasteiger charge is -2.25. The van der Waals surface area contributed by atoms with Gasteiger partial charge in [-0.05, 0) is 48.5 Å². The molecule has 0 fully saturated rings. The molecule has 1 N–H and O–H groups in total. The second kappa shape index (κ2) is 7.65. The first kappa shape index (κ1) is 15.4. The lowest BCUT2D eigenvalue weighted by atomic mass is 10.1. The molecule has 0 saturated carbocycles. The molecule has 4 heteroatoms. The molecule has 0 atom stereocenters. The lowest BCUT2D eigenvalue weighted by molar-refractivity contribution is 0.834. The van der Waals surface area contributed by atoms with E-state index in [1.165, 1.54) is 16.1 Å². The second-order valence-corrected chi connectivity index (χ2v) is 6.81. The molecule has 0 amide bonds. The van der Waals surface area contributed by atoms with E-state index >= 15 is 0 Å². The van der Waals surface area contributed by atoms with Crippen LogP contribution in [0.3, 0.4) is 0 Å². The number of benzene rings is 2. The number of fused-ring (bicyclic) bond motifs is 1. The van der Waals surface area contributed by atoms with Gasteiger partial charge in [-0.2, -0.15) is 0 Å². The van der Waals surface area contributed by atoms with Gasteiger partial charge in [0.05, 0.1) is 5.69 Å². The number of nitrogens with zero attached hydrogens (tertiary/aromatic N) is 1. The third kappa shape index (κ3) is 3.81. The van der Waals surface area contributed by atoms with E-state index in [4.69, 9.17) is 12.2 Å². The quantitative estimate of drug-likeness (QED) is 0.853. The molecule has 2 nitrogen and oxygen atoms in total. The molecule has 0 unspecified atom stereocenters. The van der Waals surface area contributed by atoms with Crippen LogP contribution in [0.2, 0.25) is 0 Å². The summed E-state index contributed by atoms with van der Waals surface area (Å²) in [5, 5.41) is 4.26. The van der Waals surface area contributed by atoms with Gasteiger partial charge in [-0.15, -0.1) is 11.8 Å². The first-order valence-corrected chi connectivity index (χ1v) is 9.05. The number of thiocarbonyl (C=S) groups is 1. The molecule has 0 bridgehead atoms. The molecule has 0 aliphatic carbocycles. The van der Waals surface area contributed by atoms with Gasteiger partial charge in [0.25, 0.3) is 0 Å². The minimum atomic E-state index is 0.839. The summed E-state index contributed by atoms with van der Waals surface area (Å²) in [5.41, 5.74) is 2.58. The molecule has 0 spiro atoms. The maximum absolute atomic E-state index is 5.63. The first-order valence-electron chi connectivity index (χ1n) is 7.66. The molecule has 22 heavy (non-hydrogen) atoms. The summed E-state index contributed by atoms with van der Waals surface area (Å²) in [6, 6.07) is 19.1. The predicted molar refractivity (Wildman–Crippen MR) is 99.9 cm³/mol. The van der Waals surface area contributed by atoms with Crippen LogP contribution in [-0.2, 0) is 6.42 Å². The Balaban J connectivity index is 1.62. The molecular formula is C18H20N2S2. The molecule has 2 aromatic rings. The summed E-state index contributed by atoms with van der Waals surface area (Å²) >= 11 is 7.55. The summed E-state index contributed by atoms with van der Waals surface area (Å²) in [6.45, 7) is 1.86. The van der Waals surface area contributed by atoms with E-state index in [0.29, 0.717) is 0 Å².